The molecule has 2 aliphatic carbocycles. The minimum Gasteiger partial charge on any atom is -0.353 e. The zero-order chi connectivity index (χ0) is 18.1. The second-order valence-electron chi connectivity index (χ2n) is 8.62. The second kappa shape index (κ2) is 7.59. The topological polar surface area (TPSA) is 55.5 Å². The van der Waals surface area contributed by atoms with Crippen molar-refractivity contribution < 1.29 is 4.79 Å². The van der Waals surface area contributed by atoms with E-state index < -0.39 is 0 Å². The lowest BCUT2D eigenvalue weighted by Gasteiger charge is -2.39. The Balaban J connectivity index is 1.30. The first kappa shape index (κ1) is 17.8. The third-order valence-electron chi connectivity index (χ3n) is 6.35. The molecule has 3 fully saturated rings. The van der Waals surface area contributed by atoms with Crippen LogP contribution in [0.4, 0.5) is 5.82 Å². The van der Waals surface area contributed by atoms with Crippen molar-refractivity contribution in [1.82, 2.24) is 20.0 Å². The van der Waals surface area contributed by atoms with Gasteiger partial charge in [0, 0.05) is 50.0 Å². The third-order valence-corrected chi connectivity index (χ3v) is 6.35. The van der Waals surface area contributed by atoms with Crippen LogP contribution in [0, 0.1) is 12.8 Å². The average molecular weight is 360 g/mol. The highest BCUT2D eigenvalue weighted by atomic mass is 16.2. The van der Waals surface area contributed by atoms with Gasteiger partial charge in [0.25, 0.3) is 0 Å². The molecule has 3 aliphatic rings. The number of rotatable bonds is 5. The van der Waals surface area contributed by atoms with Gasteiger partial charge in [0.05, 0.1) is 6.54 Å². The van der Waals surface area contributed by atoms with E-state index in [0.29, 0.717) is 24.5 Å². The van der Waals surface area contributed by atoms with Crippen LogP contribution in [0.1, 0.15) is 51.1 Å². The lowest BCUT2D eigenvalue weighted by molar-refractivity contribution is -0.136. The number of nitrogens with zero attached hydrogens (tertiary/aromatic N) is 4. The van der Waals surface area contributed by atoms with Crippen LogP contribution in [-0.4, -0.2) is 70.7 Å². The van der Waals surface area contributed by atoms with Crippen molar-refractivity contribution in [2.24, 2.45) is 5.92 Å². The highest BCUT2D eigenvalue weighted by Crippen LogP contribution is 2.35. The van der Waals surface area contributed by atoms with E-state index in [0.717, 1.165) is 43.6 Å². The molecule has 1 amide bonds. The van der Waals surface area contributed by atoms with E-state index in [1.807, 2.05) is 6.92 Å². The van der Waals surface area contributed by atoms with Crippen molar-refractivity contribution in [3.8, 4) is 0 Å². The number of carbonyl (C=O) groups is 1. The monoisotopic (exact) mass is 359 g/mol. The highest BCUT2D eigenvalue weighted by molar-refractivity contribution is 5.79. The number of anilines is 1. The van der Waals surface area contributed by atoms with Gasteiger partial charge in [-0.05, 0) is 51.4 Å². The molecule has 1 aromatic rings. The lowest BCUT2D eigenvalue weighted by Crippen LogP contribution is -2.52. The standard InChI is InChI=1S/C20H33N5O/c1-15-3-5-17(6-4-15)25(18-7-8-18)20(26)14-23-9-11-24(12-10-23)19-13-16(2)21-22-19/h13,15,17-18H,3-12,14H2,1-2H3,(H,21,22). The summed E-state index contributed by atoms with van der Waals surface area (Å²) in [6.07, 6.45) is 7.39. The largest absolute Gasteiger partial charge is 0.353 e. The van der Waals surface area contributed by atoms with Gasteiger partial charge >= 0.3 is 0 Å². The smallest absolute Gasteiger partial charge is 0.237 e. The molecule has 0 radical (unpaired) electrons. The van der Waals surface area contributed by atoms with Crippen molar-refractivity contribution in [1.29, 1.82) is 0 Å². The number of nitrogens with one attached hydrogen (secondary N) is 1. The Morgan fingerprint density at radius 2 is 1.73 bits per heavy atom. The quantitative estimate of drug-likeness (QED) is 0.877. The summed E-state index contributed by atoms with van der Waals surface area (Å²) in [7, 11) is 0. The van der Waals surface area contributed by atoms with Crippen molar-refractivity contribution in [2.75, 3.05) is 37.6 Å². The van der Waals surface area contributed by atoms with Crippen LogP contribution in [0.3, 0.4) is 0 Å². The van der Waals surface area contributed by atoms with E-state index in [1.165, 1.54) is 38.5 Å². The van der Waals surface area contributed by atoms with Crippen LogP contribution in [-0.2, 0) is 4.79 Å². The number of aromatic amines is 1. The first-order valence-electron chi connectivity index (χ1n) is 10.4. The summed E-state index contributed by atoms with van der Waals surface area (Å²) in [5.74, 6) is 2.24. The van der Waals surface area contributed by atoms with Gasteiger partial charge in [-0.25, -0.2) is 0 Å². The van der Waals surface area contributed by atoms with Gasteiger partial charge in [-0.1, -0.05) is 6.92 Å². The molecule has 0 atom stereocenters. The van der Waals surface area contributed by atoms with Crippen molar-refractivity contribution >= 4 is 11.7 Å². The molecule has 4 rings (SSSR count). The molecule has 1 N–H and O–H groups in total. The molecular formula is C20H33N5O. The van der Waals surface area contributed by atoms with Crippen LogP contribution >= 0.6 is 0 Å². The average Bonchev–Trinajstić information content (AvgIpc) is 3.37. The Hall–Kier alpha value is -1.56. The predicted molar refractivity (Wildman–Crippen MR) is 103 cm³/mol. The zero-order valence-corrected chi connectivity index (χ0v) is 16.3. The molecule has 6 heteroatoms. The molecule has 2 heterocycles. The van der Waals surface area contributed by atoms with Gasteiger partial charge in [0.2, 0.25) is 5.91 Å². The fraction of sp³-hybridized carbons (Fsp3) is 0.800. The maximum absolute atomic E-state index is 13.1. The summed E-state index contributed by atoms with van der Waals surface area (Å²) < 4.78 is 0. The van der Waals surface area contributed by atoms with Gasteiger partial charge in [0.1, 0.15) is 0 Å². The van der Waals surface area contributed by atoms with Crippen molar-refractivity contribution in [2.45, 2.75) is 64.5 Å². The molecule has 2 saturated carbocycles. The number of aromatic nitrogens is 2. The number of aryl methyl sites for hydroxylation is 1. The van der Waals surface area contributed by atoms with Crippen LogP contribution in [0.2, 0.25) is 0 Å². The number of hydrogen-bond acceptors (Lipinski definition) is 4. The second-order valence-corrected chi connectivity index (χ2v) is 8.62. The first-order chi connectivity index (χ1) is 12.6. The molecule has 0 spiro atoms. The maximum atomic E-state index is 13.1. The van der Waals surface area contributed by atoms with E-state index in [9.17, 15) is 4.79 Å². The predicted octanol–water partition coefficient (Wildman–Crippen LogP) is 2.41. The Bertz CT molecular complexity index is 609. The van der Waals surface area contributed by atoms with E-state index in [4.69, 9.17) is 0 Å². The normalized spacial score (nSPS) is 27.5. The molecule has 1 aliphatic heterocycles. The zero-order valence-electron chi connectivity index (χ0n) is 16.3. The number of H-pyrrole nitrogens is 1. The molecule has 1 aromatic heterocycles. The van der Waals surface area contributed by atoms with Gasteiger partial charge < -0.3 is 9.80 Å². The Kier molecular flexibility index (Phi) is 5.20. The summed E-state index contributed by atoms with van der Waals surface area (Å²) in [4.78, 5) is 20.0. The fourth-order valence-corrected chi connectivity index (χ4v) is 4.55. The highest BCUT2D eigenvalue weighted by Gasteiger charge is 2.38. The summed E-state index contributed by atoms with van der Waals surface area (Å²) >= 11 is 0. The Morgan fingerprint density at radius 1 is 1.12 bits per heavy atom. The van der Waals surface area contributed by atoms with E-state index in [1.54, 1.807) is 0 Å². The third kappa shape index (κ3) is 4.05. The Morgan fingerprint density at radius 3 is 2.27 bits per heavy atom. The number of piperazine rings is 1. The van der Waals surface area contributed by atoms with Crippen LogP contribution in [0.5, 0.6) is 0 Å². The molecule has 144 valence electrons. The summed E-state index contributed by atoms with van der Waals surface area (Å²) in [6.45, 7) is 8.75. The molecular weight excluding hydrogens is 326 g/mol. The summed E-state index contributed by atoms with van der Waals surface area (Å²) in [6, 6.07) is 3.13. The fourth-order valence-electron chi connectivity index (χ4n) is 4.55. The van der Waals surface area contributed by atoms with E-state index >= 15 is 0 Å². The van der Waals surface area contributed by atoms with E-state index in [2.05, 4.69) is 37.9 Å². The number of carbonyl (C=O) groups excluding carboxylic acids is 1. The van der Waals surface area contributed by atoms with Crippen molar-refractivity contribution in [3.05, 3.63) is 11.8 Å². The van der Waals surface area contributed by atoms with Crippen molar-refractivity contribution in [3.63, 3.8) is 0 Å². The molecule has 0 bridgehead atoms. The van der Waals surface area contributed by atoms with Gasteiger partial charge in [-0.2, -0.15) is 5.10 Å². The lowest BCUT2D eigenvalue weighted by atomic mass is 9.86. The SMILES string of the molecule is Cc1cc(N2CCN(CC(=O)N(C3CCC(C)CC3)C3CC3)CC2)n[nH]1. The van der Waals surface area contributed by atoms with Crippen LogP contribution in [0.15, 0.2) is 6.07 Å². The Labute approximate surface area is 156 Å². The maximum Gasteiger partial charge on any atom is 0.237 e. The van der Waals surface area contributed by atoms with E-state index in [-0.39, 0.29) is 0 Å². The minimum absolute atomic E-state index is 0.371. The number of amides is 1. The summed E-state index contributed by atoms with van der Waals surface area (Å²) in [5.41, 5.74) is 1.10. The van der Waals surface area contributed by atoms with Crippen LogP contribution < -0.4 is 4.90 Å². The van der Waals surface area contributed by atoms with Gasteiger partial charge in [0.15, 0.2) is 5.82 Å². The van der Waals surface area contributed by atoms with Crippen LogP contribution in [0.25, 0.3) is 0 Å². The van der Waals surface area contributed by atoms with Gasteiger partial charge in [-0.3, -0.25) is 14.8 Å². The summed E-state index contributed by atoms with van der Waals surface area (Å²) in [5, 5.41) is 7.38. The first-order valence-corrected chi connectivity index (χ1v) is 10.4. The molecule has 6 nitrogen and oxygen atoms in total. The number of hydrogen-bond donors (Lipinski definition) is 1. The van der Waals surface area contributed by atoms with Gasteiger partial charge in [-0.15, -0.1) is 0 Å². The molecule has 0 unspecified atom stereocenters. The molecule has 0 aromatic carbocycles. The minimum atomic E-state index is 0.371. The molecule has 1 saturated heterocycles. The molecule has 26 heavy (non-hydrogen) atoms.